The van der Waals surface area contributed by atoms with Crippen molar-refractivity contribution in [2.24, 2.45) is 5.84 Å². The van der Waals surface area contributed by atoms with Gasteiger partial charge in [-0.15, -0.1) is 0 Å². The Morgan fingerprint density at radius 3 is 2.55 bits per heavy atom. The van der Waals surface area contributed by atoms with Crippen LogP contribution in [-0.2, 0) is 9.53 Å². The van der Waals surface area contributed by atoms with Crippen LogP contribution in [0.25, 0.3) is 11.3 Å². The highest BCUT2D eigenvalue weighted by molar-refractivity contribution is 5.89. The second kappa shape index (κ2) is 8.76. The zero-order chi connectivity index (χ0) is 20.8. The number of rotatable bonds is 7. The summed E-state index contributed by atoms with van der Waals surface area (Å²) in [5, 5.41) is 17.1. The highest BCUT2D eigenvalue weighted by Crippen LogP contribution is 2.37. The van der Waals surface area contributed by atoms with Crippen LogP contribution in [0.2, 0.25) is 0 Å². The zero-order valence-electron chi connectivity index (χ0n) is 15.3. The first-order chi connectivity index (χ1) is 14.0. The fourth-order valence-electron chi connectivity index (χ4n) is 2.45. The second-order valence-electron chi connectivity index (χ2n) is 5.76. The number of carbonyl (C=O) groups excluding carboxylic acids is 2. The maximum absolute atomic E-state index is 11.5. The fourth-order valence-corrected chi connectivity index (χ4v) is 2.45. The van der Waals surface area contributed by atoms with Crippen molar-refractivity contribution in [2.75, 3.05) is 13.7 Å². The molecule has 0 atom stereocenters. The van der Waals surface area contributed by atoms with Gasteiger partial charge in [-0.05, 0) is 36.4 Å². The smallest absolute Gasteiger partial charge is 0.337 e. The van der Waals surface area contributed by atoms with Gasteiger partial charge in [0.2, 0.25) is 0 Å². The third-order valence-corrected chi connectivity index (χ3v) is 3.88. The van der Waals surface area contributed by atoms with Gasteiger partial charge in [-0.25, -0.2) is 10.6 Å². The van der Waals surface area contributed by atoms with Gasteiger partial charge in [0.15, 0.2) is 12.4 Å². The van der Waals surface area contributed by atoms with E-state index in [9.17, 15) is 14.7 Å². The van der Waals surface area contributed by atoms with Gasteiger partial charge in [0, 0.05) is 11.6 Å². The highest BCUT2D eigenvalue weighted by atomic mass is 16.5. The lowest BCUT2D eigenvalue weighted by Crippen LogP contribution is -2.34. The summed E-state index contributed by atoms with van der Waals surface area (Å²) in [5.74, 6) is 5.05. The van der Waals surface area contributed by atoms with Crippen LogP contribution in [-0.4, -0.2) is 40.9 Å². The number of esters is 1. The van der Waals surface area contributed by atoms with Gasteiger partial charge in [-0.1, -0.05) is 0 Å². The fraction of sp³-hybridized carbons (Fsp3) is 0.105. The summed E-state index contributed by atoms with van der Waals surface area (Å²) < 4.78 is 15.7. The van der Waals surface area contributed by atoms with Crippen LogP contribution < -0.4 is 20.7 Å². The van der Waals surface area contributed by atoms with Crippen LogP contribution in [0.5, 0.6) is 23.0 Å². The Morgan fingerprint density at radius 2 is 1.90 bits per heavy atom. The van der Waals surface area contributed by atoms with Gasteiger partial charge in [0.25, 0.3) is 5.91 Å². The van der Waals surface area contributed by atoms with Crippen LogP contribution in [0.1, 0.15) is 10.4 Å². The van der Waals surface area contributed by atoms with Crippen molar-refractivity contribution < 1.29 is 28.9 Å². The number of aromatic nitrogens is 2. The molecule has 10 heteroatoms. The summed E-state index contributed by atoms with van der Waals surface area (Å²) in [6.45, 7) is -0.282. The number of aromatic amines is 1. The molecule has 0 aliphatic heterocycles. The maximum Gasteiger partial charge on any atom is 0.337 e. The number of hydrogen-bond acceptors (Lipinski definition) is 8. The number of amides is 1. The van der Waals surface area contributed by atoms with Gasteiger partial charge in [0.1, 0.15) is 22.9 Å². The van der Waals surface area contributed by atoms with E-state index in [1.54, 1.807) is 36.4 Å². The number of H-pyrrole nitrogens is 1. The number of ether oxygens (including phenoxy) is 3. The highest BCUT2D eigenvalue weighted by Gasteiger charge is 2.15. The third-order valence-electron chi connectivity index (χ3n) is 3.88. The molecule has 0 spiro atoms. The molecule has 3 rings (SSSR count). The molecule has 0 saturated heterocycles. The molecule has 150 valence electrons. The molecule has 1 heterocycles. The minimum Gasteiger partial charge on any atom is -0.507 e. The predicted molar refractivity (Wildman–Crippen MR) is 101 cm³/mol. The molecule has 0 fully saturated rings. The number of aromatic hydroxyl groups is 1. The molecule has 29 heavy (non-hydrogen) atoms. The van der Waals surface area contributed by atoms with E-state index in [2.05, 4.69) is 14.9 Å². The Kier molecular flexibility index (Phi) is 5.95. The molecule has 0 radical (unpaired) electrons. The van der Waals surface area contributed by atoms with Gasteiger partial charge in [-0.2, -0.15) is 5.10 Å². The number of nitrogens with zero attached hydrogens (tertiary/aromatic N) is 1. The third kappa shape index (κ3) is 4.62. The van der Waals surface area contributed by atoms with E-state index < -0.39 is 11.9 Å². The number of phenols is 1. The number of hydrogen-bond donors (Lipinski definition) is 4. The molecule has 2 aromatic carbocycles. The number of nitrogens with one attached hydrogen (secondary N) is 2. The van der Waals surface area contributed by atoms with E-state index >= 15 is 0 Å². The van der Waals surface area contributed by atoms with Gasteiger partial charge >= 0.3 is 5.97 Å². The Balaban J connectivity index is 1.77. The Morgan fingerprint density at radius 1 is 1.17 bits per heavy atom. The minimum atomic E-state index is -0.504. The first kappa shape index (κ1) is 19.7. The number of benzene rings is 2. The number of phenolic OH excluding ortho intramolecular Hbond substituents is 1. The van der Waals surface area contributed by atoms with E-state index in [1.165, 1.54) is 19.4 Å². The summed E-state index contributed by atoms with van der Waals surface area (Å²) in [5.41, 5.74) is 3.19. The number of methoxy groups -OCH3 is 1. The van der Waals surface area contributed by atoms with Crippen molar-refractivity contribution in [3.8, 4) is 34.3 Å². The number of carbonyl (C=O) groups is 2. The summed E-state index contributed by atoms with van der Waals surface area (Å²) >= 11 is 0. The van der Waals surface area contributed by atoms with Gasteiger partial charge in [0.05, 0.1) is 18.9 Å². The van der Waals surface area contributed by atoms with E-state index in [-0.39, 0.29) is 18.1 Å². The molecule has 0 unspecified atom stereocenters. The monoisotopic (exact) mass is 398 g/mol. The second-order valence-corrected chi connectivity index (χ2v) is 5.76. The Bertz CT molecular complexity index is 1020. The van der Waals surface area contributed by atoms with Crippen LogP contribution >= 0.6 is 0 Å². The van der Waals surface area contributed by atoms with Crippen molar-refractivity contribution in [2.45, 2.75) is 0 Å². The molecule has 10 nitrogen and oxygen atoms in total. The van der Waals surface area contributed by atoms with Crippen LogP contribution in [0, 0.1) is 0 Å². The lowest BCUT2D eigenvalue weighted by Gasteiger charge is -2.10. The summed E-state index contributed by atoms with van der Waals surface area (Å²) in [6.07, 6.45) is 1.46. The average molecular weight is 398 g/mol. The molecular formula is C19H18N4O6. The summed E-state index contributed by atoms with van der Waals surface area (Å²) in [7, 11) is 1.31. The molecule has 3 aromatic rings. The minimum absolute atomic E-state index is 0.106. The molecule has 1 amide bonds. The largest absolute Gasteiger partial charge is 0.507 e. The van der Waals surface area contributed by atoms with Crippen molar-refractivity contribution in [1.82, 2.24) is 15.6 Å². The van der Waals surface area contributed by atoms with Crippen LogP contribution in [0.3, 0.4) is 0 Å². The van der Waals surface area contributed by atoms with Crippen molar-refractivity contribution in [3.05, 3.63) is 54.2 Å². The number of hydrazine groups is 1. The van der Waals surface area contributed by atoms with Crippen LogP contribution in [0.15, 0.2) is 48.7 Å². The van der Waals surface area contributed by atoms with Crippen molar-refractivity contribution in [3.63, 3.8) is 0 Å². The van der Waals surface area contributed by atoms with Crippen molar-refractivity contribution in [1.29, 1.82) is 0 Å². The Hall–Kier alpha value is -4.05. The standard InChI is InChI=1S/C19H18N4O6/c1-27-19(26)11-2-4-12(5-3-11)29-16-9-21-23-18(16)14-7-6-13(8-15(14)24)28-10-17(25)22-20/h2-9,24H,10,20H2,1H3,(H,21,23)(H,22,25). The lowest BCUT2D eigenvalue weighted by molar-refractivity contribution is -0.123. The SMILES string of the molecule is COC(=O)c1ccc(Oc2cn[nH]c2-c2ccc(OCC(=O)NN)cc2O)cc1. The first-order valence-electron chi connectivity index (χ1n) is 8.37. The molecular weight excluding hydrogens is 380 g/mol. The molecule has 0 bridgehead atoms. The predicted octanol–water partition coefficient (Wildman–Crippen LogP) is 1.73. The van der Waals surface area contributed by atoms with Crippen LogP contribution in [0.4, 0.5) is 0 Å². The molecule has 0 aliphatic rings. The topological polar surface area (TPSA) is 149 Å². The van der Waals surface area contributed by atoms with E-state index in [4.69, 9.17) is 15.3 Å². The average Bonchev–Trinajstić information content (AvgIpc) is 3.19. The quantitative estimate of drug-likeness (QED) is 0.203. The molecule has 0 saturated carbocycles. The lowest BCUT2D eigenvalue weighted by atomic mass is 10.1. The molecule has 1 aromatic heterocycles. The van der Waals surface area contributed by atoms with Crippen molar-refractivity contribution >= 4 is 11.9 Å². The first-order valence-corrected chi connectivity index (χ1v) is 8.37. The maximum atomic E-state index is 11.5. The van der Waals surface area contributed by atoms with E-state index in [0.717, 1.165) is 0 Å². The molecule has 0 aliphatic carbocycles. The van der Waals surface area contributed by atoms with E-state index in [1.807, 2.05) is 5.43 Å². The summed E-state index contributed by atoms with van der Waals surface area (Å²) in [4.78, 5) is 22.6. The molecule has 5 N–H and O–H groups in total. The number of nitrogens with two attached hydrogens (primary N) is 1. The summed E-state index contributed by atoms with van der Waals surface area (Å²) in [6, 6.07) is 10.9. The van der Waals surface area contributed by atoms with E-state index in [0.29, 0.717) is 28.3 Å². The van der Waals surface area contributed by atoms with Gasteiger partial charge in [-0.3, -0.25) is 15.3 Å². The Labute approximate surface area is 165 Å². The normalized spacial score (nSPS) is 10.3. The van der Waals surface area contributed by atoms with Gasteiger partial charge < -0.3 is 19.3 Å². The zero-order valence-corrected chi connectivity index (χ0v) is 15.3.